The van der Waals surface area contributed by atoms with E-state index in [9.17, 15) is 9.59 Å². The normalized spacial score (nSPS) is 18.4. The molecule has 15 heteroatoms. The van der Waals surface area contributed by atoms with Gasteiger partial charge < -0.3 is 48.8 Å². The van der Waals surface area contributed by atoms with Crippen LogP contribution in [0.15, 0.2) is 77.8 Å². The Morgan fingerprint density at radius 3 is 2.37 bits per heavy atom. The number of nitrogens with one attached hydrogen (secondary N) is 1. The number of benzene rings is 3. The lowest BCUT2D eigenvalue weighted by Crippen LogP contribution is -2.39. The number of aliphatic hydroxyl groups excluding tert-OH is 1. The topological polar surface area (TPSA) is 161 Å². The summed E-state index contributed by atoms with van der Waals surface area (Å²) in [4.78, 5) is 37.7. The van der Waals surface area contributed by atoms with E-state index in [-0.39, 0.29) is 55.1 Å². The fourth-order valence-electron chi connectivity index (χ4n) is 8.01. The first kappa shape index (κ1) is 43.0. The van der Waals surface area contributed by atoms with Crippen LogP contribution in [0.3, 0.4) is 0 Å². The van der Waals surface area contributed by atoms with E-state index in [0.29, 0.717) is 93.0 Å². The highest BCUT2D eigenvalue weighted by atomic mass is 32.2. The minimum absolute atomic E-state index is 0.000924. The van der Waals surface area contributed by atoms with Crippen molar-refractivity contribution in [1.29, 1.82) is 0 Å². The number of ether oxygens (including phenoxy) is 5. The molecule has 14 nitrogen and oxygen atoms in total. The molecule has 60 heavy (non-hydrogen) atoms. The molecule has 0 aromatic heterocycles. The molecule has 0 saturated carbocycles. The second-order valence-electron chi connectivity index (χ2n) is 16.2. The standard InChI is InChI=1S/C45H56N6O8S/c1-29-14-34-22-47-39-19-36(6-7-37(39)43(53)50(34)24-29)58-26-31-16-32(18-33(17-31)49(28-45(3,4)60-46)8-10-56-12-13-57-11-9-52)27-59-42-21-40-38(20-41(42)55-5)44(54)51-25-30(2)15-35(51)23-48-40/h6-7,16-21,23,34-35,47,52H,1-2,8-15,22,24-28,46H2,3-5H3/t34-,35-/m0/s1. The van der Waals surface area contributed by atoms with Crippen LogP contribution in [0, 0.1) is 0 Å². The third-order valence-corrected chi connectivity index (χ3v) is 11.8. The molecular weight excluding hydrogens is 785 g/mol. The highest BCUT2D eigenvalue weighted by Gasteiger charge is 2.36. The van der Waals surface area contributed by atoms with Gasteiger partial charge in [0, 0.05) is 61.5 Å². The Kier molecular flexibility index (Phi) is 13.7. The number of nitrogens with zero attached hydrogens (tertiary/aromatic N) is 4. The van der Waals surface area contributed by atoms with E-state index in [0.717, 1.165) is 40.1 Å². The number of anilines is 2. The van der Waals surface area contributed by atoms with Crippen molar-refractivity contribution in [1.82, 2.24) is 9.80 Å². The van der Waals surface area contributed by atoms with E-state index in [4.69, 9.17) is 38.9 Å². The number of methoxy groups -OCH3 is 1. The van der Waals surface area contributed by atoms with Crippen LogP contribution in [0.4, 0.5) is 17.1 Å². The first-order chi connectivity index (χ1) is 28.9. The minimum atomic E-state index is -0.294. The van der Waals surface area contributed by atoms with Crippen molar-refractivity contribution in [2.24, 2.45) is 10.1 Å². The van der Waals surface area contributed by atoms with Gasteiger partial charge in [-0.15, -0.1) is 0 Å². The van der Waals surface area contributed by atoms with E-state index >= 15 is 0 Å². The lowest BCUT2D eigenvalue weighted by molar-refractivity contribution is 0.0351. The summed E-state index contributed by atoms with van der Waals surface area (Å²) in [6.07, 6.45) is 3.30. The van der Waals surface area contributed by atoms with E-state index in [2.05, 4.69) is 49.4 Å². The molecule has 4 aliphatic rings. The number of aliphatic hydroxyl groups is 1. The summed E-state index contributed by atoms with van der Waals surface area (Å²) in [5, 5.41) is 18.7. The number of carbonyl (C=O) groups is 2. The Morgan fingerprint density at radius 1 is 0.900 bits per heavy atom. The largest absolute Gasteiger partial charge is 0.493 e. The van der Waals surface area contributed by atoms with Crippen LogP contribution in [-0.2, 0) is 22.7 Å². The Hall–Kier alpha value is -5.06. The molecule has 2 saturated heterocycles. The van der Waals surface area contributed by atoms with Gasteiger partial charge in [-0.1, -0.05) is 36.3 Å². The number of hydrogen-bond acceptors (Lipinski definition) is 13. The maximum absolute atomic E-state index is 13.6. The highest BCUT2D eigenvalue weighted by Crippen LogP contribution is 2.39. The van der Waals surface area contributed by atoms with Crippen molar-refractivity contribution in [3.05, 3.63) is 95.1 Å². The van der Waals surface area contributed by atoms with E-state index in [1.165, 1.54) is 11.9 Å². The fraction of sp³-hybridized carbons (Fsp3) is 0.444. The van der Waals surface area contributed by atoms with Crippen LogP contribution in [0.1, 0.15) is 58.5 Å². The van der Waals surface area contributed by atoms with Gasteiger partial charge in [0.2, 0.25) is 0 Å². The molecule has 4 aliphatic heterocycles. The smallest absolute Gasteiger partial charge is 0.257 e. The van der Waals surface area contributed by atoms with Crippen molar-refractivity contribution in [2.75, 3.05) is 83.1 Å². The summed E-state index contributed by atoms with van der Waals surface area (Å²) in [6, 6.07) is 15.2. The van der Waals surface area contributed by atoms with Crippen molar-refractivity contribution in [2.45, 2.75) is 56.7 Å². The van der Waals surface area contributed by atoms with Gasteiger partial charge in [-0.2, -0.15) is 0 Å². The Labute approximate surface area is 356 Å². The number of fused-ring (bicyclic) bond motifs is 4. The molecule has 0 radical (unpaired) electrons. The SMILES string of the molecule is C=C1C[C@H]2CNc3cc(OCc4cc(COc5cc6c(cc5OC)C(=O)N5CC(=C)C[C@H]5C=N6)cc(N(CCOCCOCCO)CC(C)(C)SN)c4)ccc3C(=O)N2C1. The third kappa shape index (κ3) is 10.1. The monoisotopic (exact) mass is 840 g/mol. The van der Waals surface area contributed by atoms with Crippen LogP contribution in [0.25, 0.3) is 0 Å². The predicted octanol–water partition coefficient (Wildman–Crippen LogP) is 5.75. The van der Waals surface area contributed by atoms with E-state index in [1.807, 2.05) is 35.4 Å². The number of amides is 2. The maximum atomic E-state index is 13.6. The number of nitrogens with two attached hydrogens (primary N) is 1. The Morgan fingerprint density at radius 2 is 1.62 bits per heavy atom. The second-order valence-corrected chi connectivity index (χ2v) is 17.6. The van der Waals surface area contributed by atoms with Crippen molar-refractivity contribution < 1.29 is 38.4 Å². The molecule has 4 N–H and O–H groups in total. The van der Waals surface area contributed by atoms with Gasteiger partial charge in [-0.25, -0.2) is 0 Å². The quantitative estimate of drug-likeness (QED) is 0.0763. The zero-order chi connectivity index (χ0) is 42.4. The predicted molar refractivity (Wildman–Crippen MR) is 235 cm³/mol. The first-order valence-corrected chi connectivity index (χ1v) is 21.2. The zero-order valence-electron chi connectivity index (χ0n) is 34.7. The van der Waals surface area contributed by atoms with Crippen molar-refractivity contribution in [3.8, 4) is 17.2 Å². The van der Waals surface area contributed by atoms with Gasteiger partial charge in [-0.3, -0.25) is 19.7 Å². The van der Waals surface area contributed by atoms with Crippen LogP contribution in [-0.4, -0.2) is 123 Å². The molecule has 0 aliphatic carbocycles. The molecule has 0 spiro atoms. The Balaban J connectivity index is 1.14. The molecule has 0 bridgehead atoms. The van der Waals surface area contributed by atoms with Gasteiger partial charge in [0.05, 0.1) is 74.7 Å². The molecule has 2 fully saturated rings. The summed E-state index contributed by atoms with van der Waals surface area (Å²) >= 11 is 1.30. The van der Waals surface area contributed by atoms with Crippen LogP contribution >= 0.6 is 11.9 Å². The van der Waals surface area contributed by atoms with Gasteiger partial charge in [0.1, 0.15) is 19.0 Å². The van der Waals surface area contributed by atoms with E-state index in [1.54, 1.807) is 24.1 Å². The zero-order valence-corrected chi connectivity index (χ0v) is 35.6. The van der Waals surface area contributed by atoms with Gasteiger partial charge in [0.25, 0.3) is 11.8 Å². The van der Waals surface area contributed by atoms with Gasteiger partial charge in [0.15, 0.2) is 11.5 Å². The van der Waals surface area contributed by atoms with Gasteiger partial charge in [-0.05, 0) is 74.2 Å². The van der Waals surface area contributed by atoms with Crippen molar-refractivity contribution in [3.63, 3.8) is 0 Å². The van der Waals surface area contributed by atoms with E-state index < -0.39 is 0 Å². The number of aliphatic imine (C=N–C) groups is 1. The number of carbonyl (C=O) groups excluding carboxylic acids is 2. The molecule has 2 atom stereocenters. The minimum Gasteiger partial charge on any atom is -0.493 e. The van der Waals surface area contributed by atoms with Crippen LogP contribution in [0.2, 0.25) is 0 Å². The molecule has 4 heterocycles. The summed E-state index contributed by atoms with van der Waals surface area (Å²) in [6.45, 7) is 17.2. The summed E-state index contributed by atoms with van der Waals surface area (Å²) in [5.41, 5.74) is 7.13. The molecule has 2 amide bonds. The summed E-state index contributed by atoms with van der Waals surface area (Å²) in [7, 11) is 1.56. The average molecular weight is 841 g/mol. The van der Waals surface area contributed by atoms with Crippen molar-refractivity contribution >= 4 is 47.0 Å². The molecule has 7 rings (SSSR count). The highest BCUT2D eigenvalue weighted by molar-refractivity contribution is 7.98. The fourth-order valence-corrected chi connectivity index (χ4v) is 8.24. The van der Waals surface area contributed by atoms with Gasteiger partial charge >= 0.3 is 0 Å². The summed E-state index contributed by atoms with van der Waals surface area (Å²) < 4.78 is 29.7. The number of hydrogen-bond donors (Lipinski definition) is 3. The molecule has 3 aromatic carbocycles. The number of rotatable bonds is 19. The molecule has 0 unspecified atom stereocenters. The first-order valence-electron chi connectivity index (χ1n) is 20.3. The summed E-state index contributed by atoms with van der Waals surface area (Å²) in [5.74, 6) is 1.41. The third-order valence-electron chi connectivity index (χ3n) is 11.0. The maximum Gasteiger partial charge on any atom is 0.257 e. The lowest BCUT2D eigenvalue weighted by Gasteiger charge is -2.33. The lowest BCUT2D eigenvalue weighted by atomic mass is 10.1. The molecular formula is C45H56N6O8S. The molecule has 320 valence electrons. The van der Waals surface area contributed by atoms with Crippen LogP contribution < -0.4 is 29.6 Å². The second kappa shape index (κ2) is 19.1. The average Bonchev–Trinajstić information content (AvgIpc) is 3.75. The van der Waals surface area contributed by atoms with Crippen LogP contribution in [0.5, 0.6) is 17.2 Å². The Bertz CT molecular complexity index is 2130. The molecule has 3 aromatic rings.